The maximum atomic E-state index is 10.8. The highest BCUT2D eigenvalue weighted by Crippen LogP contribution is 2.17. The third-order valence-electron chi connectivity index (χ3n) is 1.92. The Bertz CT molecular complexity index is 299. The van der Waals surface area contributed by atoms with Gasteiger partial charge in [0.25, 0.3) is 0 Å². The topological polar surface area (TPSA) is 83.5 Å². The summed E-state index contributed by atoms with van der Waals surface area (Å²) < 4.78 is 0. The highest BCUT2D eigenvalue weighted by molar-refractivity contribution is 5.80. The van der Waals surface area contributed by atoms with E-state index in [0.29, 0.717) is 5.56 Å². The Kier molecular flexibility index (Phi) is 2.65. The summed E-state index contributed by atoms with van der Waals surface area (Å²) in [6.45, 7) is -0.619. The van der Waals surface area contributed by atoms with Crippen LogP contribution >= 0.6 is 0 Å². The van der Waals surface area contributed by atoms with E-state index in [9.17, 15) is 4.79 Å². The third-order valence-corrected chi connectivity index (χ3v) is 1.92. The average molecular weight is 181 g/mol. The molecule has 1 unspecified atom stereocenters. The molecule has 70 valence electrons. The summed E-state index contributed by atoms with van der Waals surface area (Å²) in [7, 11) is 0. The van der Waals surface area contributed by atoms with E-state index in [0.717, 1.165) is 0 Å². The summed E-state index contributed by atoms with van der Waals surface area (Å²) in [5.74, 6) is -1.23. The number of nitrogens with two attached hydrogens (primary N) is 1. The van der Waals surface area contributed by atoms with Crippen molar-refractivity contribution in [1.29, 1.82) is 0 Å². The molecule has 0 aromatic heterocycles. The first-order valence-corrected chi connectivity index (χ1v) is 3.80. The number of aliphatic carboxylic acids is 1. The van der Waals surface area contributed by atoms with Gasteiger partial charge in [0.1, 0.15) is 0 Å². The summed E-state index contributed by atoms with van der Waals surface area (Å²) >= 11 is 0. The summed E-state index contributed by atoms with van der Waals surface area (Å²) in [6.07, 6.45) is 0. The van der Waals surface area contributed by atoms with Crippen LogP contribution in [0.1, 0.15) is 5.56 Å². The molecule has 13 heavy (non-hydrogen) atoms. The van der Waals surface area contributed by atoms with Gasteiger partial charge in [0.15, 0.2) is 5.54 Å². The zero-order chi connectivity index (χ0) is 9.90. The molecule has 4 heteroatoms. The predicted octanol–water partition coefficient (Wildman–Crippen LogP) is -0.0825. The second-order valence-corrected chi connectivity index (χ2v) is 2.80. The SMILES string of the molecule is NC(CO)(C(=O)O)c1ccccc1. The van der Waals surface area contributed by atoms with E-state index in [4.69, 9.17) is 15.9 Å². The molecule has 4 N–H and O–H groups in total. The normalized spacial score (nSPS) is 14.9. The number of carboxylic acid groups (broad SMARTS) is 1. The lowest BCUT2D eigenvalue weighted by Crippen LogP contribution is -2.48. The Morgan fingerprint density at radius 3 is 2.31 bits per heavy atom. The van der Waals surface area contributed by atoms with Crippen molar-refractivity contribution in [2.45, 2.75) is 5.54 Å². The van der Waals surface area contributed by atoms with Gasteiger partial charge in [-0.05, 0) is 5.56 Å². The lowest BCUT2D eigenvalue weighted by atomic mass is 9.92. The molecule has 1 aromatic carbocycles. The van der Waals surface area contributed by atoms with E-state index < -0.39 is 18.1 Å². The van der Waals surface area contributed by atoms with Crippen LogP contribution in [0.3, 0.4) is 0 Å². The van der Waals surface area contributed by atoms with Crippen LogP contribution in [-0.4, -0.2) is 22.8 Å². The van der Waals surface area contributed by atoms with Gasteiger partial charge < -0.3 is 15.9 Å². The Labute approximate surface area is 75.6 Å². The summed E-state index contributed by atoms with van der Waals surface area (Å²) in [4.78, 5) is 10.8. The van der Waals surface area contributed by atoms with Crippen molar-refractivity contribution >= 4 is 5.97 Å². The molecule has 0 heterocycles. The van der Waals surface area contributed by atoms with Crippen LogP contribution in [-0.2, 0) is 10.3 Å². The van der Waals surface area contributed by atoms with Crippen LogP contribution < -0.4 is 5.73 Å². The predicted molar refractivity (Wildman–Crippen MR) is 47.0 cm³/mol. The first kappa shape index (κ1) is 9.70. The van der Waals surface area contributed by atoms with Gasteiger partial charge in [-0.1, -0.05) is 30.3 Å². The molecule has 0 saturated carbocycles. The Morgan fingerprint density at radius 2 is 1.92 bits per heavy atom. The second-order valence-electron chi connectivity index (χ2n) is 2.80. The molecule has 0 aliphatic heterocycles. The maximum Gasteiger partial charge on any atom is 0.330 e. The smallest absolute Gasteiger partial charge is 0.330 e. The molecule has 0 saturated heterocycles. The van der Waals surface area contributed by atoms with Crippen LogP contribution in [0.4, 0.5) is 0 Å². The van der Waals surface area contributed by atoms with E-state index >= 15 is 0 Å². The van der Waals surface area contributed by atoms with Gasteiger partial charge in [0.2, 0.25) is 0 Å². The number of carbonyl (C=O) groups is 1. The molecule has 0 aliphatic rings. The number of rotatable bonds is 3. The van der Waals surface area contributed by atoms with Gasteiger partial charge in [-0.3, -0.25) is 0 Å². The first-order valence-electron chi connectivity index (χ1n) is 3.80. The fraction of sp³-hybridized carbons (Fsp3) is 0.222. The molecule has 1 aromatic rings. The molecule has 0 aliphatic carbocycles. The van der Waals surface area contributed by atoms with Crippen LogP contribution in [0, 0.1) is 0 Å². The zero-order valence-corrected chi connectivity index (χ0v) is 6.97. The minimum atomic E-state index is -1.69. The molecule has 0 bridgehead atoms. The monoisotopic (exact) mass is 181 g/mol. The second kappa shape index (κ2) is 3.55. The maximum absolute atomic E-state index is 10.8. The van der Waals surface area contributed by atoms with Gasteiger partial charge in [-0.15, -0.1) is 0 Å². The minimum absolute atomic E-state index is 0.394. The number of hydrogen-bond donors (Lipinski definition) is 3. The van der Waals surface area contributed by atoms with Crippen molar-refractivity contribution < 1.29 is 15.0 Å². The molecular weight excluding hydrogens is 170 g/mol. The van der Waals surface area contributed by atoms with Crippen LogP contribution in [0.15, 0.2) is 30.3 Å². The lowest BCUT2D eigenvalue weighted by Gasteiger charge is -2.22. The summed E-state index contributed by atoms with van der Waals surface area (Å²) in [5, 5.41) is 17.7. The van der Waals surface area contributed by atoms with Crippen molar-refractivity contribution in [2.24, 2.45) is 5.73 Å². The van der Waals surface area contributed by atoms with E-state index in [-0.39, 0.29) is 0 Å². The Hall–Kier alpha value is -1.39. The van der Waals surface area contributed by atoms with Crippen molar-refractivity contribution in [2.75, 3.05) is 6.61 Å². The van der Waals surface area contributed by atoms with Gasteiger partial charge in [0.05, 0.1) is 6.61 Å². The van der Waals surface area contributed by atoms with Crippen molar-refractivity contribution in [3.05, 3.63) is 35.9 Å². The Morgan fingerprint density at radius 1 is 1.38 bits per heavy atom. The van der Waals surface area contributed by atoms with Crippen molar-refractivity contribution in [1.82, 2.24) is 0 Å². The fourth-order valence-corrected chi connectivity index (χ4v) is 1.02. The number of carboxylic acids is 1. The molecule has 0 fully saturated rings. The molecule has 0 spiro atoms. The van der Waals surface area contributed by atoms with Gasteiger partial charge in [0, 0.05) is 0 Å². The average Bonchev–Trinajstić information content (AvgIpc) is 2.17. The van der Waals surface area contributed by atoms with Crippen LogP contribution in [0.2, 0.25) is 0 Å². The quantitative estimate of drug-likeness (QED) is 0.609. The van der Waals surface area contributed by atoms with Gasteiger partial charge >= 0.3 is 5.97 Å². The van der Waals surface area contributed by atoms with Gasteiger partial charge in [-0.2, -0.15) is 0 Å². The largest absolute Gasteiger partial charge is 0.480 e. The summed E-state index contributed by atoms with van der Waals surface area (Å²) in [5.41, 5.74) is 4.21. The Balaban J connectivity index is 3.11. The fourth-order valence-electron chi connectivity index (χ4n) is 1.02. The van der Waals surface area contributed by atoms with Gasteiger partial charge in [-0.25, -0.2) is 4.79 Å². The number of hydrogen-bond acceptors (Lipinski definition) is 3. The number of aliphatic hydroxyl groups is 1. The molecule has 1 rings (SSSR count). The van der Waals surface area contributed by atoms with Crippen molar-refractivity contribution in [3.63, 3.8) is 0 Å². The van der Waals surface area contributed by atoms with Crippen molar-refractivity contribution in [3.8, 4) is 0 Å². The van der Waals surface area contributed by atoms with Crippen LogP contribution in [0.25, 0.3) is 0 Å². The molecule has 0 radical (unpaired) electrons. The minimum Gasteiger partial charge on any atom is -0.480 e. The van der Waals surface area contributed by atoms with E-state index in [2.05, 4.69) is 0 Å². The van der Waals surface area contributed by atoms with E-state index in [1.807, 2.05) is 0 Å². The molecular formula is C9H11NO3. The standard InChI is InChI=1S/C9H11NO3/c10-9(6-11,8(12)13)7-4-2-1-3-5-7/h1-5,11H,6,10H2,(H,12,13). The summed E-state index contributed by atoms with van der Waals surface area (Å²) in [6, 6.07) is 8.25. The molecule has 0 amide bonds. The van der Waals surface area contributed by atoms with E-state index in [1.54, 1.807) is 30.3 Å². The molecule has 4 nitrogen and oxygen atoms in total. The van der Waals surface area contributed by atoms with Crippen LogP contribution in [0.5, 0.6) is 0 Å². The highest BCUT2D eigenvalue weighted by atomic mass is 16.4. The number of aliphatic hydroxyl groups excluding tert-OH is 1. The third kappa shape index (κ3) is 1.68. The number of benzene rings is 1. The lowest BCUT2D eigenvalue weighted by molar-refractivity contribution is -0.145. The highest BCUT2D eigenvalue weighted by Gasteiger charge is 2.34. The zero-order valence-electron chi connectivity index (χ0n) is 6.97. The van der Waals surface area contributed by atoms with E-state index in [1.165, 1.54) is 0 Å². The first-order chi connectivity index (χ1) is 6.11. The molecule has 1 atom stereocenters.